The summed E-state index contributed by atoms with van der Waals surface area (Å²) in [6.07, 6.45) is 5.23. The number of nitrogens with zero attached hydrogens (tertiary/aromatic N) is 1. The monoisotopic (exact) mass is 318 g/mol. The van der Waals surface area contributed by atoms with Crippen molar-refractivity contribution >= 4 is 16.0 Å². The molecule has 1 N–H and O–H groups in total. The van der Waals surface area contributed by atoms with Crippen LogP contribution in [-0.4, -0.2) is 57.8 Å². The van der Waals surface area contributed by atoms with Gasteiger partial charge in [0.15, 0.2) is 0 Å². The number of nitrogens with one attached hydrogen (secondary N) is 1. The molecule has 2 rings (SSSR count). The maximum absolute atomic E-state index is 12.5. The van der Waals surface area contributed by atoms with E-state index in [1.165, 1.54) is 13.5 Å². The van der Waals surface area contributed by atoms with Gasteiger partial charge in [-0.15, -0.1) is 0 Å². The summed E-state index contributed by atoms with van der Waals surface area (Å²) in [7, 11) is -0.118. The minimum absolute atomic E-state index is 0.256. The Bertz CT molecular complexity index is 466. The summed E-state index contributed by atoms with van der Waals surface area (Å²) >= 11 is 0. The van der Waals surface area contributed by atoms with E-state index < -0.39 is 27.2 Å². The van der Waals surface area contributed by atoms with Gasteiger partial charge in [-0.2, -0.15) is 0 Å². The average Bonchev–Trinajstić information content (AvgIpc) is 2.96. The minimum Gasteiger partial charge on any atom is -0.469 e. The van der Waals surface area contributed by atoms with E-state index in [1.807, 2.05) is 7.05 Å². The average molecular weight is 318 g/mol. The van der Waals surface area contributed by atoms with Crippen LogP contribution in [0.1, 0.15) is 38.5 Å². The molecule has 122 valence electrons. The van der Waals surface area contributed by atoms with Crippen molar-refractivity contribution in [1.82, 2.24) is 9.62 Å². The van der Waals surface area contributed by atoms with Crippen LogP contribution in [0.2, 0.25) is 0 Å². The SMILES string of the molecule is COC(=O)C1CCCC1S(=O)(=O)NCC1CCCCN1C. The molecule has 0 radical (unpaired) electrons. The fraction of sp³-hybridized carbons (Fsp3) is 0.929. The quantitative estimate of drug-likeness (QED) is 0.757. The van der Waals surface area contributed by atoms with Crippen LogP contribution < -0.4 is 4.72 Å². The first-order valence-electron chi connectivity index (χ1n) is 7.72. The van der Waals surface area contributed by atoms with Gasteiger partial charge in [-0.1, -0.05) is 12.8 Å². The molecule has 6 nitrogen and oxygen atoms in total. The van der Waals surface area contributed by atoms with Gasteiger partial charge in [0.1, 0.15) is 0 Å². The molecular formula is C14H26N2O4S. The number of carbonyl (C=O) groups is 1. The van der Waals surface area contributed by atoms with E-state index in [2.05, 4.69) is 9.62 Å². The van der Waals surface area contributed by atoms with Crippen LogP contribution in [0.15, 0.2) is 0 Å². The Hall–Kier alpha value is -0.660. The number of sulfonamides is 1. The molecule has 0 bridgehead atoms. The largest absolute Gasteiger partial charge is 0.469 e. The van der Waals surface area contributed by atoms with Gasteiger partial charge in [-0.3, -0.25) is 4.79 Å². The molecule has 1 saturated carbocycles. The first-order chi connectivity index (χ1) is 9.95. The highest BCUT2D eigenvalue weighted by molar-refractivity contribution is 7.90. The van der Waals surface area contributed by atoms with Gasteiger partial charge in [0.05, 0.1) is 18.3 Å². The number of carbonyl (C=O) groups excluding carboxylic acids is 1. The van der Waals surface area contributed by atoms with Crippen LogP contribution in [0.5, 0.6) is 0 Å². The Balaban J connectivity index is 1.96. The summed E-state index contributed by atoms with van der Waals surface area (Å²) in [6.45, 7) is 1.45. The number of hydrogen-bond acceptors (Lipinski definition) is 5. The maximum atomic E-state index is 12.5. The number of methoxy groups -OCH3 is 1. The predicted octanol–water partition coefficient (Wildman–Crippen LogP) is 0.732. The summed E-state index contributed by atoms with van der Waals surface area (Å²) in [5.41, 5.74) is 0. The number of likely N-dealkylation sites (tertiary alicyclic amines) is 1. The summed E-state index contributed by atoms with van der Waals surface area (Å²) in [6, 6.07) is 0.256. The predicted molar refractivity (Wildman–Crippen MR) is 80.3 cm³/mol. The summed E-state index contributed by atoms with van der Waals surface area (Å²) in [4.78, 5) is 13.9. The second-order valence-electron chi connectivity index (χ2n) is 6.12. The van der Waals surface area contributed by atoms with Gasteiger partial charge in [-0.25, -0.2) is 13.1 Å². The second-order valence-corrected chi connectivity index (χ2v) is 8.11. The molecule has 3 atom stereocenters. The number of piperidine rings is 1. The molecule has 7 heteroatoms. The Morgan fingerprint density at radius 3 is 2.67 bits per heavy atom. The first kappa shape index (κ1) is 16.7. The molecule has 1 aliphatic carbocycles. The second kappa shape index (κ2) is 7.07. The van der Waals surface area contributed by atoms with Crippen molar-refractivity contribution in [3.05, 3.63) is 0 Å². The molecule has 1 saturated heterocycles. The van der Waals surface area contributed by atoms with Gasteiger partial charge in [0, 0.05) is 12.6 Å². The number of ether oxygens (including phenoxy) is 1. The zero-order chi connectivity index (χ0) is 15.5. The Kier molecular flexibility index (Phi) is 5.62. The van der Waals surface area contributed by atoms with Crippen LogP contribution in [-0.2, 0) is 19.6 Å². The maximum Gasteiger partial charge on any atom is 0.310 e. The van der Waals surface area contributed by atoms with Crippen molar-refractivity contribution in [3.63, 3.8) is 0 Å². The number of hydrogen-bond donors (Lipinski definition) is 1. The van der Waals surface area contributed by atoms with E-state index in [0.29, 0.717) is 19.4 Å². The standard InChI is InChI=1S/C14H26N2O4S/c1-16-9-4-3-6-11(16)10-15-21(18,19)13-8-5-7-12(13)14(17)20-2/h11-13,15H,3-10H2,1-2H3. The van der Waals surface area contributed by atoms with Crippen LogP contribution in [0.3, 0.4) is 0 Å². The van der Waals surface area contributed by atoms with E-state index in [1.54, 1.807) is 0 Å². The highest BCUT2D eigenvalue weighted by Crippen LogP contribution is 2.31. The van der Waals surface area contributed by atoms with Crippen LogP contribution in [0, 0.1) is 5.92 Å². The van der Waals surface area contributed by atoms with Gasteiger partial charge >= 0.3 is 5.97 Å². The Morgan fingerprint density at radius 1 is 1.24 bits per heavy atom. The molecule has 21 heavy (non-hydrogen) atoms. The molecule has 0 spiro atoms. The minimum atomic E-state index is -3.46. The zero-order valence-corrected chi connectivity index (χ0v) is 13.7. The van der Waals surface area contributed by atoms with Crippen LogP contribution in [0.4, 0.5) is 0 Å². The molecule has 0 aromatic carbocycles. The van der Waals surface area contributed by atoms with Gasteiger partial charge < -0.3 is 9.64 Å². The smallest absolute Gasteiger partial charge is 0.310 e. The summed E-state index contributed by atoms with van der Waals surface area (Å²) in [5.74, 6) is -0.922. The Morgan fingerprint density at radius 2 is 2.00 bits per heavy atom. The molecule has 0 aromatic heterocycles. The first-order valence-corrected chi connectivity index (χ1v) is 9.27. The topological polar surface area (TPSA) is 75.7 Å². The number of rotatable bonds is 5. The van der Waals surface area contributed by atoms with E-state index in [9.17, 15) is 13.2 Å². The van der Waals surface area contributed by atoms with E-state index in [4.69, 9.17) is 4.74 Å². The van der Waals surface area contributed by atoms with Gasteiger partial charge in [0.25, 0.3) is 0 Å². The van der Waals surface area contributed by atoms with Crippen molar-refractivity contribution in [2.75, 3.05) is 27.2 Å². The van der Waals surface area contributed by atoms with Crippen molar-refractivity contribution in [3.8, 4) is 0 Å². The van der Waals surface area contributed by atoms with Crippen molar-refractivity contribution in [1.29, 1.82) is 0 Å². The lowest BCUT2D eigenvalue weighted by Crippen LogP contribution is -2.47. The molecule has 2 aliphatic rings. The summed E-state index contributed by atoms with van der Waals surface area (Å²) < 4.78 is 32.4. The lowest BCUT2D eigenvalue weighted by molar-refractivity contribution is -0.145. The lowest BCUT2D eigenvalue weighted by Gasteiger charge is -2.32. The third-order valence-corrected chi connectivity index (χ3v) is 6.73. The van der Waals surface area contributed by atoms with Gasteiger partial charge in [-0.05, 0) is 39.3 Å². The van der Waals surface area contributed by atoms with Gasteiger partial charge in [0.2, 0.25) is 10.0 Å². The summed E-state index contributed by atoms with van der Waals surface area (Å²) in [5, 5.41) is -0.640. The third kappa shape index (κ3) is 3.96. The van der Waals surface area contributed by atoms with Crippen molar-refractivity contribution in [2.24, 2.45) is 5.92 Å². The van der Waals surface area contributed by atoms with E-state index in [0.717, 1.165) is 25.8 Å². The fourth-order valence-corrected chi connectivity index (χ4v) is 5.24. The molecular weight excluding hydrogens is 292 g/mol. The van der Waals surface area contributed by atoms with Crippen LogP contribution >= 0.6 is 0 Å². The fourth-order valence-electron chi connectivity index (χ4n) is 3.44. The normalized spacial score (nSPS) is 31.2. The lowest BCUT2D eigenvalue weighted by atomic mass is 10.0. The number of likely N-dealkylation sites (N-methyl/N-ethyl adjacent to an activating group) is 1. The molecule has 2 fully saturated rings. The van der Waals surface area contributed by atoms with Crippen molar-refractivity contribution in [2.45, 2.75) is 49.8 Å². The third-order valence-electron chi connectivity index (χ3n) is 4.80. The van der Waals surface area contributed by atoms with E-state index in [-0.39, 0.29) is 6.04 Å². The van der Waals surface area contributed by atoms with E-state index >= 15 is 0 Å². The highest BCUT2D eigenvalue weighted by atomic mass is 32.2. The molecule has 0 aromatic rings. The highest BCUT2D eigenvalue weighted by Gasteiger charge is 2.42. The van der Waals surface area contributed by atoms with Crippen LogP contribution in [0.25, 0.3) is 0 Å². The number of esters is 1. The van der Waals surface area contributed by atoms with Crippen molar-refractivity contribution < 1.29 is 17.9 Å². The Labute approximate surface area is 127 Å². The molecule has 3 unspecified atom stereocenters. The molecule has 0 amide bonds. The zero-order valence-electron chi connectivity index (χ0n) is 12.9. The molecule has 1 aliphatic heterocycles. The molecule has 1 heterocycles.